The molecule has 0 saturated carbocycles. The second-order valence-corrected chi connectivity index (χ2v) is 6.00. The maximum atomic E-state index is 3.68. The molecule has 106 valence electrons. The van der Waals surface area contributed by atoms with Gasteiger partial charge in [0.25, 0.3) is 0 Å². The van der Waals surface area contributed by atoms with Crippen molar-refractivity contribution in [2.24, 2.45) is 0 Å². The number of nitrogens with zero attached hydrogens (tertiary/aromatic N) is 2. The van der Waals surface area contributed by atoms with Gasteiger partial charge in [-0.25, -0.2) is 0 Å². The summed E-state index contributed by atoms with van der Waals surface area (Å²) in [7, 11) is 0. The summed E-state index contributed by atoms with van der Waals surface area (Å²) in [5, 5.41) is 3.68. The molecule has 3 nitrogen and oxygen atoms in total. The Hall–Kier alpha value is -0.120. The molecule has 2 aliphatic rings. The number of nitrogens with one attached hydrogen (secondary N) is 1. The highest BCUT2D eigenvalue weighted by molar-refractivity contribution is 4.77. The molecule has 0 bridgehead atoms. The minimum atomic E-state index is 0.754. The van der Waals surface area contributed by atoms with Gasteiger partial charge in [0.2, 0.25) is 0 Å². The molecule has 0 aromatic rings. The zero-order chi connectivity index (χ0) is 12.6. The van der Waals surface area contributed by atoms with Gasteiger partial charge in [-0.05, 0) is 58.3 Å². The Morgan fingerprint density at radius 2 is 1.94 bits per heavy atom. The molecule has 0 spiro atoms. The Morgan fingerprint density at radius 1 is 1.11 bits per heavy atom. The molecule has 2 rings (SSSR count). The average molecular weight is 253 g/mol. The summed E-state index contributed by atoms with van der Waals surface area (Å²) < 4.78 is 0. The van der Waals surface area contributed by atoms with Crippen LogP contribution in [0.2, 0.25) is 0 Å². The van der Waals surface area contributed by atoms with Gasteiger partial charge in [0, 0.05) is 25.7 Å². The first-order chi connectivity index (χ1) is 8.88. The van der Waals surface area contributed by atoms with Crippen molar-refractivity contribution in [1.29, 1.82) is 0 Å². The highest BCUT2D eigenvalue weighted by Crippen LogP contribution is 2.10. The van der Waals surface area contributed by atoms with Gasteiger partial charge < -0.3 is 15.1 Å². The standard InChI is InChI=1S/C15H31N3/c1-2-9-18(13-12-17-10-5-6-11-17)14-15-7-3-4-8-16-15/h15-16H,2-14H2,1H3. The van der Waals surface area contributed by atoms with E-state index in [1.807, 2.05) is 0 Å². The average Bonchev–Trinajstić information content (AvgIpc) is 2.91. The van der Waals surface area contributed by atoms with Gasteiger partial charge in [-0.15, -0.1) is 0 Å². The maximum Gasteiger partial charge on any atom is 0.0195 e. The summed E-state index contributed by atoms with van der Waals surface area (Å²) >= 11 is 0. The van der Waals surface area contributed by atoms with Crippen LogP contribution in [0.1, 0.15) is 45.4 Å². The Bertz CT molecular complexity index is 208. The lowest BCUT2D eigenvalue weighted by molar-refractivity contribution is 0.195. The zero-order valence-electron chi connectivity index (χ0n) is 12.2. The van der Waals surface area contributed by atoms with Crippen LogP contribution in [-0.4, -0.2) is 61.7 Å². The van der Waals surface area contributed by atoms with Crippen molar-refractivity contribution < 1.29 is 0 Å². The molecular weight excluding hydrogens is 222 g/mol. The molecule has 0 aromatic carbocycles. The molecular formula is C15H31N3. The summed E-state index contributed by atoms with van der Waals surface area (Å²) in [5.74, 6) is 0. The molecule has 1 atom stereocenters. The first-order valence-corrected chi connectivity index (χ1v) is 8.06. The summed E-state index contributed by atoms with van der Waals surface area (Å²) in [4.78, 5) is 5.32. The van der Waals surface area contributed by atoms with Crippen molar-refractivity contribution in [2.45, 2.75) is 51.5 Å². The quantitative estimate of drug-likeness (QED) is 0.748. The van der Waals surface area contributed by atoms with Crippen molar-refractivity contribution >= 4 is 0 Å². The fourth-order valence-corrected chi connectivity index (χ4v) is 3.29. The fraction of sp³-hybridized carbons (Fsp3) is 1.00. The van der Waals surface area contributed by atoms with Gasteiger partial charge >= 0.3 is 0 Å². The number of hydrogen-bond donors (Lipinski definition) is 1. The summed E-state index contributed by atoms with van der Waals surface area (Å²) in [6, 6.07) is 0.754. The Balaban J connectivity index is 1.68. The third kappa shape index (κ3) is 4.87. The van der Waals surface area contributed by atoms with Crippen LogP contribution in [0.5, 0.6) is 0 Å². The van der Waals surface area contributed by atoms with Crippen molar-refractivity contribution in [3.63, 3.8) is 0 Å². The van der Waals surface area contributed by atoms with Crippen LogP contribution in [0.3, 0.4) is 0 Å². The van der Waals surface area contributed by atoms with E-state index in [1.165, 1.54) is 84.3 Å². The third-order valence-corrected chi connectivity index (χ3v) is 4.36. The molecule has 1 unspecified atom stereocenters. The molecule has 0 radical (unpaired) electrons. The molecule has 2 aliphatic heterocycles. The van der Waals surface area contributed by atoms with E-state index in [-0.39, 0.29) is 0 Å². The lowest BCUT2D eigenvalue weighted by Crippen LogP contribution is -2.45. The van der Waals surface area contributed by atoms with E-state index in [1.54, 1.807) is 0 Å². The van der Waals surface area contributed by atoms with E-state index < -0.39 is 0 Å². The molecule has 0 aromatic heterocycles. The third-order valence-electron chi connectivity index (χ3n) is 4.36. The second kappa shape index (κ2) is 8.13. The van der Waals surface area contributed by atoms with E-state index in [0.717, 1.165) is 6.04 Å². The summed E-state index contributed by atoms with van der Waals surface area (Å²) in [6.07, 6.45) is 8.29. The molecule has 2 heterocycles. The van der Waals surface area contributed by atoms with E-state index in [4.69, 9.17) is 0 Å². The number of likely N-dealkylation sites (tertiary alicyclic amines) is 1. The predicted octanol–water partition coefficient (Wildman–Crippen LogP) is 1.94. The topological polar surface area (TPSA) is 18.5 Å². The zero-order valence-corrected chi connectivity index (χ0v) is 12.2. The largest absolute Gasteiger partial charge is 0.313 e. The van der Waals surface area contributed by atoms with E-state index >= 15 is 0 Å². The molecule has 3 heteroatoms. The molecule has 1 N–H and O–H groups in total. The van der Waals surface area contributed by atoms with Gasteiger partial charge in [-0.3, -0.25) is 0 Å². The highest BCUT2D eigenvalue weighted by atomic mass is 15.2. The fourth-order valence-electron chi connectivity index (χ4n) is 3.29. The summed E-state index contributed by atoms with van der Waals surface area (Å²) in [5.41, 5.74) is 0. The van der Waals surface area contributed by atoms with Gasteiger partial charge in [-0.2, -0.15) is 0 Å². The Labute approximate surface area is 113 Å². The van der Waals surface area contributed by atoms with Crippen molar-refractivity contribution in [3.05, 3.63) is 0 Å². The smallest absolute Gasteiger partial charge is 0.0195 e. The van der Waals surface area contributed by atoms with E-state index in [0.29, 0.717) is 0 Å². The highest BCUT2D eigenvalue weighted by Gasteiger charge is 2.17. The van der Waals surface area contributed by atoms with Crippen molar-refractivity contribution in [3.8, 4) is 0 Å². The van der Waals surface area contributed by atoms with Crippen LogP contribution in [0.4, 0.5) is 0 Å². The van der Waals surface area contributed by atoms with Crippen molar-refractivity contribution in [2.75, 3.05) is 45.8 Å². The summed E-state index contributed by atoms with van der Waals surface area (Å²) in [6.45, 7) is 11.3. The van der Waals surface area contributed by atoms with Gasteiger partial charge in [0.05, 0.1) is 0 Å². The van der Waals surface area contributed by atoms with Gasteiger partial charge in [0.15, 0.2) is 0 Å². The van der Waals surface area contributed by atoms with Crippen LogP contribution in [0.25, 0.3) is 0 Å². The van der Waals surface area contributed by atoms with Crippen LogP contribution in [-0.2, 0) is 0 Å². The van der Waals surface area contributed by atoms with Crippen LogP contribution < -0.4 is 5.32 Å². The first kappa shape index (κ1) is 14.3. The van der Waals surface area contributed by atoms with Gasteiger partial charge in [-0.1, -0.05) is 13.3 Å². The second-order valence-electron chi connectivity index (χ2n) is 6.00. The molecule has 0 aliphatic carbocycles. The number of hydrogen-bond acceptors (Lipinski definition) is 3. The monoisotopic (exact) mass is 253 g/mol. The molecule has 2 fully saturated rings. The lowest BCUT2D eigenvalue weighted by Gasteiger charge is -2.31. The van der Waals surface area contributed by atoms with E-state index in [2.05, 4.69) is 22.0 Å². The Morgan fingerprint density at radius 3 is 2.61 bits per heavy atom. The van der Waals surface area contributed by atoms with Crippen LogP contribution in [0.15, 0.2) is 0 Å². The SMILES string of the molecule is CCCN(CCN1CCCC1)CC1CCCCN1. The predicted molar refractivity (Wildman–Crippen MR) is 78.0 cm³/mol. The Kier molecular flexibility index (Phi) is 6.46. The van der Waals surface area contributed by atoms with Gasteiger partial charge in [0.1, 0.15) is 0 Å². The minimum absolute atomic E-state index is 0.754. The molecule has 18 heavy (non-hydrogen) atoms. The number of piperidine rings is 1. The maximum absolute atomic E-state index is 3.68. The van der Waals surface area contributed by atoms with E-state index in [9.17, 15) is 0 Å². The van der Waals surface area contributed by atoms with Crippen LogP contribution in [0, 0.1) is 0 Å². The minimum Gasteiger partial charge on any atom is -0.313 e. The molecule has 0 amide bonds. The van der Waals surface area contributed by atoms with Crippen LogP contribution >= 0.6 is 0 Å². The number of rotatable bonds is 7. The molecule has 2 saturated heterocycles. The lowest BCUT2D eigenvalue weighted by atomic mass is 10.0. The first-order valence-electron chi connectivity index (χ1n) is 8.06. The normalized spacial score (nSPS) is 26.0. The van der Waals surface area contributed by atoms with Crippen molar-refractivity contribution in [1.82, 2.24) is 15.1 Å².